The van der Waals surface area contributed by atoms with Crippen LogP contribution in [0.1, 0.15) is 24.0 Å². The Morgan fingerprint density at radius 1 is 1.08 bits per heavy atom. The van der Waals surface area contributed by atoms with Gasteiger partial charge in [-0.15, -0.1) is 0 Å². The molecule has 26 heavy (non-hydrogen) atoms. The predicted molar refractivity (Wildman–Crippen MR) is 106 cm³/mol. The quantitative estimate of drug-likeness (QED) is 0.727. The lowest BCUT2D eigenvalue weighted by Crippen LogP contribution is -2.55. The molecule has 2 heterocycles. The van der Waals surface area contributed by atoms with E-state index in [9.17, 15) is 5.11 Å². The number of amidine groups is 1. The van der Waals surface area contributed by atoms with Crippen LogP contribution in [0.4, 0.5) is 11.4 Å². The Kier molecular flexibility index (Phi) is 4.39. The second-order valence-electron chi connectivity index (χ2n) is 6.80. The highest BCUT2D eigenvalue weighted by atomic mass is 16.5. The maximum Gasteiger partial charge on any atom is 0.127 e. The van der Waals surface area contributed by atoms with Crippen LogP contribution in [0, 0.1) is 0 Å². The average Bonchev–Trinajstić information content (AvgIpc) is 2.67. The molecular formula is C21H23N3O2. The van der Waals surface area contributed by atoms with Crippen molar-refractivity contribution in [3.8, 4) is 0 Å². The molecule has 2 aliphatic rings. The van der Waals surface area contributed by atoms with E-state index in [1.165, 1.54) is 0 Å². The SMILES string of the molecule is C=C(O)c1ccc(CN=C2Nc3ccccc3NC23CCOCC3)cc1. The van der Waals surface area contributed by atoms with E-state index in [4.69, 9.17) is 9.73 Å². The van der Waals surface area contributed by atoms with Gasteiger partial charge in [-0.3, -0.25) is 4.99 Å². The molecule has 1 saturated heterocycles. The first-order valence-corrected chi connectivity index (χ1v) is 8.90. The number of aliphatic hydroxyl groups is 1. The minimum Gasteiger partial charge on any atom is -0.508 e. The Balaban J connectivity index is 1.61. The van der Waals surface area contributed by atoms with Crippen LogP contribution in [-0.2, 0) is 11.3 Å². The first kappa shape index (κ1) is 16.7. The molecule has 0 amide bonds. The molecule has 134 valence electrons. The zero-order valence-electron chi connectivity index (χ0n) is 14.7. The summed E-state index contributed by atoms with van der Waals surface area (Å²) in [7, 11) is 0. The first-order valence-electron chi connectivity index (χ1n) is 8.90. The number of nitrogens with zero attached hydrogens (tertiary/aromatic N) is 1. The summed E-state index contributed by atoms with van der Waals surface area (Å²) in [5.41, 5.74) is 3.78. The summed E-state index contributed by atoms with van der Waals surface area (Å²) in [6, 6.07) is 15.9. The summed E-state index contributed by atoms with van der Waals surface area (Å²) in [5.74, 6) is 1.05. The van der Waals surface area contributed by atoms with E-state index in [2.05, 4.69) is 29.3 Å². The summed E-state index contributed by atoms with van der Waals surface area (Å²) in [6.07, 6.45) is 1.77. The van der Waals surface area contributed by atoms with Crippen molar-refractivity contribution in [3.63, 3.8) is 0 Å². The number of nitrogens with one attached hydrogen (secondary N) is 2. The lowest BCUT2D eigenvalue weighted by Gasteiger charge is -2.43. The Bertz CT molecular complexity index is 837. The van der Waals surface area contributed by atoms with E-state index in [1.54, 1.807) is 0 Å². The number of rotatable bonds is 3. The number of benzene rings is 2. The van der Waals surface area contributed by atoms with Crippen molar-refractivity contribution in [1.82, 2.24) is 0 Å². The number of ether oxygens (including phenoxy) is 1. The van der Waals surface area contributed by atoms with E-state index in [0.29, 0.717) is 6.54 Å². The van der Waals surface area contributed by atoms with Gasteiger partial charge in [-0.05, 0) is 17.7 Å². The topological polar surface area (TPSA) is 65.9 Å². The molecular weight excluding hydrogens is 326 g/mol. The van der Waals surface area contributed by atoms with Crippen LogP contribution in [0.5, 0.6) is 0 Å². The molecule has 0 radical (unpaired) electrons. The summed E-state index contributed by atoms with van der Waals surface area (Å²) < 4.78 is 5.58. The van der Waals surface area contributed by atoms with Crippen molar-refractivity contribution in [3.05, 3.63) is 66.2 Å². The fraction of sp³-hybridized carbons (Fsp3) is 0.286. The molecule has 0 bridgehead atoms. The van der Waals surface area contributed by atoms with Gasteiger partial charge in [0.25, 0.3) is 0 Å². The van der Waals surface area contributed by atoms with Crippen molar-refractivity contribution in [2.45, 2.75) is 24.9 Å². The number of para-hydroxylation sites is 2. The van der Waals surface area contributed by atoms with Gasteiger partial charge >= 0.3 is 0 Å². The fourth-order valence-electron chi connectivity index (χ4n) is 3.51. The van der Waals surface area contributed by atoms with Crippen molar-refractivity contribution < 1.29 is 9.84 Å². The zero-order valence-corrected chi connectivity index (χ0v) is 14.7. The van der Waals surface area contributed by atoms with Gasteiger partial charge in [0.15, 0.2) is 0 Å². The smallest absolute Gasteiger partial charge is 0.127 e. The maximum atomic E-state index is 9.46. The van der Waals surface area contributed by atoms with E-state index in [0.717, 1.165) is 54.4 Å². The fourth-order valence-corrected chi connectivity index (χ4v) is 3.51. The zero-order chi connectivity index (χ0) is 18.0. The van der Waals surface area contributed by atoms with Gasteiger partial charge in [0.05, 0.1) is 23.5 Å². The molecule has 3 N–H and O–H groups in total. The van der Waals surface area contributed by atoms with Gasteiger partial charge in [-0.1, -0.05) is 43.0 Å². The Morgan fingerprint density at radius 2 is 1.77 bits per heavy atom. The van der Waals surface area contributed by atoms with Crippen LogP contribution in [0.2, 0.25) is 0 Å². The lowest BCUT2D eigenvalue weighted by molar-refractivity contribution is 0.0778. The van der Waals surface area contributed by atoms with Crippen molar-refractivity contribution in [2.24, 2.45) is 4.99 Å². The first-order chi connectivity index (χ1) is 12.7. The van der Waals surface area contributed by atoms with Crippen LogP contribution >= 0.6 is 0 Å². The molecule has 5 nitrogen and oxygen atoms in total. The van der Waals surface area contributed by atoms with E-state index < -0.39 is 0 Å². The lowest BCUT2D eigenvalue weighted by atomic mass is 9.86. The number of hydrogen-bond donors (Lipinski definition) is 3. The van der Waals surface area contributed by atoms with Crippen LogP contribution in [-0.4, -0.2) is 29.7 Å². The van der Waals surface area contributed by atoms with Gasteiger partial charge in [0.2, 0.25) is 0 Å². The van der Waals surface area contributed by atoms with Crippen LogP contribution in [0.3, 0.4) is 0 Å². The standard InChI is InChI=1S/C21H23N3O2/c1-15(25)17-8-6-16(7-9-17)14-22-20-21(10-12-26-13-11-21)24-19-5-3-2-4-18(19)23-20/h2-9,24-25H,1,10-14H2,(H,22,23). The summed E-state index contributed by atoms with van der Waals surface area (Å²) in [5, 5.41) is 16.7. The highest BCUT2D eigenvalue weighted by Gasteiger charge is 2.41. The van der Waals surface area contributed by atoms with E-state index >= 15 is 0 Å². The molecule has 0 aromatic heterocycles. The third kappa shape index (κ3) is 3.18. The van der Waals surface area contributed by atoms with Crippen LogP contribution < -0.4 is 10.6 Å². The molecule has 4 rings (SSSR count). The van der Waals surface area contributed by atoms with Crippen LogP contribution in [0.15, 0.2) is 60.1 Å². The molecule has 0 aliphatic carbocycles. The van der Waals surface area contributed by atoms with Gasteiger partial charge in [0.1, 0.15) is 11.6 Å². The van der Waals surface area contributed by atoms with Gasteiger partial charge < -0.3 is 20.5 Å². The number of aliphatic imine (C=N–C) groups is 1. The molecule has 2 aliphatic heterocycles. The third-order valence-electron chi connectivity index (χ3n) is 5.06. The van der Waals surface area contributed by atoms with Gasteiger partial charge in [-0.25, -0.2) is 0 Å². The van der Waals surface area contributed by atoms with Crippen molar-refractivity contribution in [2.75, 3.05) is 23.8 Å². The van der Waals surface area contributed by atoms with E-state index in [-0.39, 0.29) is 11.3 Å². The monoisotopic (exact) mass is 349 g/mol. The molecule has 2 aromatic carbocycles. The molecule has 0 saturated carbocycles. The Hall–Kier alpha value is -2.79. The molecule has 1 spiro atoms. The number of anilines is 2. The predicted octanol–water partition coefficient (Wildman–Crippen LogP) is 4.20. The second-order valence-corrected chi connectivity index (χ2v) is 6.80. The van der Waals surface area contributed by atoms with Crippen molar-refractivity contribution in [1.29, 1.82) is 0 Å². The molecule has 2 aromatic rings. The normalized spacial score (nSPS) is 19.5. The van der Waals surface area contributed by atoms with Crippen molar-refractivity contribution >= 4 is 23.0 Å². The summed E-state index contributed by atoms with van der Waals surface area (Å²) in [4.78, 5) is 4.91. The minimum absolute atomic E-state index is 0.0822. The highest BCUT2D eigenvalue weighted by Crippen LogP contribution is 2.36. The minimum atomic E-state index is -0.202. The number of hydrogen-bond acceptors (Lipinski definition) is 4. The molecule has 5 heteroatoms. The van der Waals surface area contributed by atoms with E-state index in [1.807, 2.05) is 36.4 Å². The average molecular weight is 349 g/mol. The molecule has 0 atom stereocenters. The number of fused-ring (bicyclic) bond motifs is 1. The third-order valence-corrected chi connectivity index (χ3v) is 5.06. The Labute approximate surface area is 153 Å². The summed E-state index contributed by atoms with van der Waals surface area (Å²) >= 11 is 0. The van der Waals surface area contributed by atoms with Crippen LogP contribution in [0.25, 0.3) is 5.76 Å². The van der Waals surface area contributed by atoms with Gasteiger partial charge in [0, 0.05) is 31.6 Å². The Morgan fingerprint density at radius 3 is 2.46 bits per heavy atom. The molecule has 1 fully saturated rings. The summed E-state index contributed by atoms with van der Waals surface area (Å²) in [6.45, 7) is 5.58. The largest absolute Gasteiger partial charge is 0.508 e. The van der Waals surface area contributed by atoms with Gasteiger partial charge in [-0.2, -0.15) is 0 Å². The second kappa shape index (κ2) is 6.84. The highest BCUT2D eigenvalue weighted by molar-refractivity contribution is 6.09. The maximum absolute atomic E-state index is 9.46. The number of aliphatic hydroxyl groups excluding tert-OH is 1. The molecule has 0 unspecified atom stereocenters.